The van der Waals surface area contributed by atoms with Crippen LogP contribution in [0.5, 0.6) is 0 Å². The van der Waals surface area contributed by atoms with E-state index in [-0.39, 0.29) is 16.9 Å². The molecule has 0 aliphatic heterocycles. The summed E-state index contributed by atoms with van der Waals surface area (Å²) in [5.41, 5.74) is 1.72. The summed E-state index contributed by atoms with van der Waals surface area (Å²) < 4.78 is 6.02. The van der Waals surface area contributed by atoms with Gasteiger partial charge in [0, 0.05) is 14.8 Å². The van der Waals surface area contributed by atoms with Gasteiger partial charge >= 0.3 is 0 Å². The van der Waals surface area contributed by atoms with Crippen LogP contribution in [0.25, 0.3) is 0 Å². The van der Waals surface area contributed by atoms with Gasteiger partial charge in [-0.05, 0) is 83.3 Å². The molecule has 1 heterocycles. The highest BCUT2D eigenvalue weighted by atomic mass is 127. The van der Waals surface area contributed by atoms with E-state index < -0.39 is 0 Å². The SMILES string of the molecule is O=C(NCc1ccco1)c1ccc(NC(=S)NC(=O)c2ccccc2I)cc1. The summed E-state index contributed by atoms with van der Waals surface area (Å²) in [5.74, 6) is 0.190. The molecule has 0 saturated carbocycles. The van der Waals surface area contributed by atoms with E-state index in [0.717, 1.165) is 3.57 Å². The van der Waals surface area contributed by atoms with E-state index >= 15 is 0 Å². The first-order chi connectivity index (χ1) is 13.5. The van der Waals surface area contributed by atoms with Crippen molar-refractivity contribution in [3.63, 3.8) is 0 Å². The van der Waals surface area contributed by atoms with Crippen molar-refractivity contribution in [2.45, 2.75) is 6.54 Å². The molecule has 142 valence electrons. The Morgan fingerprint density at radius 3 is 2.39 bits per heavy atom. The smallest absolute Gasteiger partial charge is 0.258 e. The third-order valence-corrected chi connectivity index (χ3v) is 4.90. The molecule has 0 atom stereocenters. The molecule has 0 unspecified atom stereocenters. The summed E-state index contributed by atoms with van der Waals surface area (Å²) in [6.07, 6.45) is 1.56. The van der Waals surface area contributed by atoms with Crippen LogP contribution in [0.2, 0.25) is 0 Å². The fourth-order valence-corrected chi connectivity index (χ4v) is 3.21. The minimum atomic E-state index is -0.281. The van der Waals surface area contributed by atoms with E-state index in [1.165, 1.54) is 0 Å². The van der Waals surface area contributed by atoms with Crippen LogP contribution in [0.3, 0.4) is 0 Å². The number of anilines is 1. The zero-order chi connectivity index (χ0) is 19.9. The zero-order valence-corrected chi connectivity index (χ0v) is 17.5. The molecule has 6 nitrogen and oxygen atoms in total. The summed E-state index contributed by atoms with van der Waals surface area (Å²) in [7, 11) is 0. The molecule has 1 aromatic heterocycles. The lowest BCUT2D eigenvalue weighted by atomic mass is 10.2. The Kier molecular flexibility index (Phi) is 6.77. The topological polar surface area (TPSA) is 83.4 Å². The van der Waals surface area contributed by atoms with Crippen LogP contribution in [-0.2, 0) is 6.54 Å². The van der Waals surface area contributed by atoms with Gasteiger partial charge in [0.15, 0.2) is 5.11 Å². The quantitative estimate of drug-likeness (QED) is 0.362. The van der Waals surface area contributed by atoms with Crippen LogP contribution in [-0.4, -0.2) is 16.9 Å². The summed E-state index contributed by atoms with van der Waals surface area (Å²) in [5, 5.41) is 8.53. The van der Waals surface area contributed by atoms with Crippen molar-refractivity contribution in [1.82, 2.24) is 10.6 Å². The number of hydrogen-bond donors (Lipinski definition) is 3. The van der Waals surface area contributed by atoms with Crippen LogP contribution >= 0.6 is 34.8 Å². The number of carbonyl (C=O) groups is 2. The third kappa shape index (κ3) is 5.40. The molecule has 0 spiro atoms. The molecule has 3 N–H and O–H groups in total. The van der Waals surface area contributed by atoms with Gasteiger partial charge in [-0.1, -0.05) is 12.1 Å². The minimum Gasteiger partial charge on any atom is -0.467 e. The van der Waals surface area contributed by atoms with Crippen LogP contribution in [0, 0.1) is 3.57 Å². The predicted octanol–water partition coefficient (Wildman–Crippen LogP) is 3.94. The van der Waals surface area contributed by atoms with E-state index in [0.29, 0.717) is 29.1 Å². The fourth-order valence-electron chi connectivity index (χ4n) is 2.37. The molecule has 2 aromatic carbocycles. The van der Waals surface area contributed by atoms with Crippen molar-refractivity contribution in [2.75, 3.05) is 5.32 Å². The van der Waals surface area contributed by atoms with Gasteiger partial charge < -0.3 is 15.1 Å². The van der Waals surface area contributed by atoms with E-state index in [2.05, 4.69) is 38.5 Å². The molecule has 3 aromatic rings. The first kappa shape index (κ1) is 20.0. The Morgan fingerprint density at radius 1 is 0.964 bits per heavy atom. The lowest BCUT2D eigenvalue weighted by molar-refractivity contribution is 0.0946. The van der Waals surface area contributed by atoms with Crippen molar-refractivity contribution in [2.24, 2.45) is 0 Å². The number of nitrogens with one attached hydrogen (secondary N) is 3. The van der Waals surface area contributed by atoms with Gasteiger partial charge in [-0.25, -0.2) is 0 Å². The second kappa shape index (κ2) is 9.47. The highest BCUT2D eigenvalue weighted by Crippen LogP contribution is 2.12. The molecule has 3 rings (SSSR count). The van der Waals surface area contributed by atoms with Gasteiger partial charge in [-0.2, -0.15) is 0 Å². The Morgan fingerprint density at radius 2 is 1.71 bits per heavy atom. The lowest BCUT2D eigenvalue weighted by Crippen LogP contribution is -2.34. The monoisotopic (exact) mass is 505 g/mol. The molecular formula is C20H16IN3O3S. The molecule has 0 radical (unpaired) electrons. The molecule has 0 saturated heterocycles. The average molecular weight is 505 g/mol. The van der Waals surface area contributed by atoms with Gasteiger partial charge in [0.1, 0.15) is 5.76 Å². The van der Waals surface area contributed by atoms with Gasteiger partial charge in [0.2, 0.25) is 0 Å². The first-order valence-electron chi connectivity index (χ1n) is 8.30. The van der Waals surface area contributed by atoms with Gasteiger partial charge in [-0.15, -0.1) is 0 Å². The Balaban J connectivity index is 1.53. The Bertz CT molecular complexity index is 988. The highest BCUT2D eigenvalue weighted by Gasteiger charge is 2.11. The maximum Gasteiger partial charge on any atom is 0.258 e. The third-order valence-electron chi connectivity index (χ3n) is 3.75. The van der Waals surface area contributed by atoms with Crippen molar-refractivity contribution in [3.05, 3.63) is 87.4 Å². The molecular weight excluding hydrogens is 489 g/mol. The van der Waals surface area contributed by atoms with Crippen molar-refractivity contribution >= 4 is 57.4 Å². The van der Waals surface area contributed by atoms with Gasteiger partial charge in [0.05, 0.1) is 18.4 Å². The number of carbonyl (C=O) groups excluding carboxylic acids is 2. The number of halogens is 1. The van der Waals surface area contributed by atoms with E-state index in [1.807, 2.05) is 12.1 Å². The molecule has 0 bridgehead atoms. The van der Waals surface area contributed by atoms with Crippen LogP contribution in [0.15, 0.2) is 71.3 Å². The average Bonchev–Trinajstić information content (AvgIpc) is 3.20. The maximum absolute atomic E-state index is 12.3. The fraction of sp³-hybridized carbons (Fsp3) is 0.0500. The van der Waals surface area contributed by atoms with E-state index in [9.17, 15) is 9.59 Å². The summed E-state index contributed by atoms with van der Waals surface area (Å²) in [4.78, 5) is 24.4. The number of furan rings is 1. The number of rotatable bonds is 5. The summed E-state index contributed by atoms with van der Waals surface area (Å²) in [6, 6.07) is 17.6. The number of thiocarbonyl (C=S) groups is 1. The molecule has 2 amide bonds. The lowest BCUT2D eigenvalue weighted by Gasteiger charge is -2.11. The largest absolute Gasteiger partial charge is 0.467 e. The Hall–Kier alpha value is -2.72. The second-order valence-electron chi connectivity index (χ2n) is 5.73. The molecule has 0 aliphatic rings. The second-order valence-corrected chi connectivity index (χ2v) is 7.30. The van der Waals surface area contributed by atoms with Crippen LogP contribution < -0.4 is 16.0 Å². The van der Waals surface area contributed by atoms with Crippen LogP contribution in [0.1, 0.15) is 26.5 Å². The van der Waals surface area contributed by atoms with Gasteiger partial charge in [-0.3, -0.25) is 14.9 Å². The van der Waals surface area contributed by atoms with Crippen molar-refractivity contribution in [1.29, 1.82) is 0 Å². The standard InChI is InChI=1S/C20H16IN3O3S/c21-17-6-2-1-5-16(17)19(26)24-20(28)23-14-9-7-13(8-10-14)18(25)22-12-15-4-3-11-27-15/h1-11H,12H2,(H,22,25)(H2,23,24,26,28). The molecule has 28 heavy (non-hydrogen) atoms. The number of amides is 2. The van der Waals surface area contributed by atoms with Crippen molar-refractivity contribution < 1.29 is 14.0 Å². The molecule has 0 fully saturated rings. The van der Waals surface area contributed by atoms with Crippen LogP contribution in [0.4, 0.5) is 5.69 Å². The normalized spacial score (nSPS) is 10.2. The molecule has 8 heteroatoms. The summed E-state index contributed by atoms with van der Waals surface area (Å²) >= 11 is 7.29. The van der Waals surface area contributed by atoms with E-state index in [1.54, 1.807) is 54.8 Å². The maximum atomic E-state index is 12.3. The summed E-state index contributed by atoms with van der Waals surface area (Å²) in [6.45, 7) is 0.320. The first-order valence-corrected chi connectivity index (χ1v) is 9.79. The zero-order valence-electron chi connectivity index (χ0n) is 14.6. The molecule has 0 aliphatic carbocycles. The minimum absolute atomic E-state index is 0.180. The highest BCUT2D eigenvalue weighted by molar-refractivity contribution is 14.1. The van der Waals surface area contributed by atoms with Crippen molar-refractivity contribution in [3.8, 4) is 0 Å². The van der Waals surface area contributed by atoms with Gasteiger partial charge in [0.25, 0.3) is 11.8 Å². The number of benzene rings is 2. The predicted molar refractivity (Wildman–Crippen MR) is 119 cm³/mol. The number of hydrogen-bond acceptors (Lipinski definition) is 4. The Labute approximate surface area is 180 Å². The van der Waals surface area contributed by atoms with E-state index in [4.69, 9.17) is 16.6 Å².